The number of Topliss-reactive ketones (excluding diaryl/α,β-unsaturated/α-hetero) is 1. The number of hydrogen-bond donors (Lipinski definition) is 1. The molecule has 3 nitrogen and oxygen atoms in total. The molecule has 0 fully saturated rings. The Labute approximate surface area is 99.1 Å². The third-order valence-electron chi connectivity index (χ3n) is 2.48. The summed E-state index contributed by atoms with van der Waals surface area (Å²) in [6.45, 7) is 6.97. The lowest BCUT2D eigenvalue weighted by Gasteiger charge is -2.17. The van der Waals surface area contributed by atoms with Crippen molar-refractivity contribution in [3.8, 4) is 0 Å². The van der Waals surface area contributed by atoms with Gasteiger partial charge in [-0.25, -0.2) is 0 Å². The molecular weight excluding hydrogens is 224 g/mol. The lowest BCUT2D eigenvalue weighted by molar-refractivity contribution is -0.146. The van der Waals surface area contributed by atoms with Crippen LogP contribution in [0.1, 0.15) is 40.4 Å². The molecule has 0 spiro atoms. The van der Waals surface area contributed by atoms with Crippen LogP contribution in [0.3, 0.4) is 0 Å². The fourth-order valence-corrected chi connectivity index (χ4v) is 2.44. The molecule has 0 radical (unpaired) electrons. The predicted molar refractivity (Wildman–Crippen MR) is 64.2 cm³/mol. The first-order chi connectivity index (χ1) is 7.24. The standard InChI is InChI=1S/C12H16O3S/c1-7-5-8(2)16-10(7)9(13)6-12(3,4)11(14)15/h5H,6H2,1-4H3,(H,14,15). The van der Waals surface area contributed by atoms with E-state index in [-0.39, 0.29) is 12.2 Å². The SMILES string of the molecule is Cc1cc(C)c(C(=O)CC(C)(C)C(=O)O)s1. The number of thiophene rings is 1. The van der Waals surface area contributed by atoms with Gasteiger partial charge in [-0.2, -0.15) is 0 Å². The monoisotopic (exact) mass is 240 g/mol. The van der Waals surface area contributed by atoms with Gasteiger partial charge in [0.15, 0.2) is 5.78 Å². The van der Waals surface area contributed by atoms with Gasteiger partial charge in [0.2, 0.25) is 0 Å². The second kappa shape index (κ2) is 4.37. The van der Waals surface area contributed by atoms with Crippen molar-refractivity contribution in [1.82, 2.24) is 0 Å². The first-order valence-electron chi connectivity index (χ1n) is 5.07. The fraction of sp³-hybridized carbons (Fsp3) is 0.500. The fourth-order valence-electron chi connectivity index (χ4n) is 1.48. The Hall–Kier alpha value is -1.16. The zero-order chi connectivity index (χ0) is 12.5. The summed E-state index contributed by atoms with van der Waals surface area (Å²) in [7, 11) is 0. The summed E-state index contributed by atoms with van der Waals surface area (Å²) in [5.41, 5.74) is -0.0600. The van der Waals surface area contributed by atoms with Gasteiger partial charge in [0, 0.05) is 11.3 Å². The van der Waals surface area contributed by atoms with Crippen molar-refractivity contribution in [2.45, 2.75) is 34.1 Å². The summed E-state index contributed by atoms with van der Waals surface area (Å²) in [5.74, 6) is -1.02. The predicted octanol–water partition coefficient (Wildman–Crippen LogP) is 3.05. The third kappa shape index (κ3) is 2.70. The molecule has 0 atom stereocenters. The second-order valence-corrected chi connectivity index (χ2v) is 5.91. The minimum absolute atomic E-state index is 0.0448. The van der Waals surface area contributed by atoms with Crippen LogP contribution in [0.25, 0.3) is 0 Å². The lowest BCUT2D eigenvalue weighted by atomic mass is 9.87. The molecule has 0 aliphatic carbocycles. The average Bonchev–Trinajstić information content (AvgIpc) is 2.44. The van der Waals surface area contributed by atoms with E-state index in [2.05, 4.69) is 0 Å². The van der Waals surface area contributed by atoms with Crippen LogP contribution in [0.15, 0.2) is 6.07 Å². The number of aliphatic carboxylic acids is 1. The molecule has 4 heteroatoms. The number of carbonyl (C=O) groups is 2. The maximum absolute atomic E-state index is 11.9. The minimum Gasteiger partial charge on any atom is -0.481 e. The molecular formula is C12H16O3S. The first kappa shape index (κ1) is 12.9. The van der Waals surface area contributed by atoms with Gasteiger partial charge in [-0.3, -0.25) is 9.59 Å². The van der Waals surface area contributed by atoms with Crippen LogP contribution in [0, 0.1) is 19.3 Å². The van der Waals surface area contributed by atoms with E-state index in [1.165, 1.54) is 11.3 Å². The van der Waals surface area contributed by atoms with E-state index in [1.54, 1.807) is 13.8 Å². The van der Waals surface area contributed by atoms with E-state index in [0.717, 1.165) is 10.4 Å². The van der Waals surface area contributed by atoms with Crippen LogP contribution in [0.5, 0.6) is 0 Å². The minimum atomic E-state index is -0.999. The summed E-state index contributed by atoms with van der Waals surface area (Å²) in [5, 5.41) is 8.96. The van der Waals surface area contributed by atoms with Crippen LogP contribution < -0.4 is 0 Å². The molecule has 0 amide bonds. The molecule has 1 N–H and O–H groups in total. The number of carbonyl (C=O) groups excluding carboxylic acids is 1. The quantitative estimate of drug-likeness (QED) is 0.823. The number of ketones is 1. The highest BCUT2D eigenvalue weighted by molar-refractivity contribution is 7.14. The third-order valence-corrected chi connectivity index (χ3v) is 3.67. The molecule has 0 aliphatic heterocycles. The molecule has 1 aromatic rings. The van der Waals surface area contributed by atoms with Gasteiger partial charge in [-0.05, 0) is 39.3 Å². The average molecular weight is 240 g/mol. The van der Waals surface area contributed by atoms with Gasteiger partial charge >= 0.3 is 5.97 Å². The number of aryl methyl sites for hydroxylation is 2. The molecule has 0 unspecified atom stereocenters. The smallest absolute Gasteiger partial charge is 0.309 e. The van der Waals surface area contributed by atoms with Crippen LogP contribution in [-0.2, 0) is 4.79 Å². The molecule has 1 aromatic heterocycles. The van der Waals surface area contributed by atoms with Gasteiger partial charge in [0.25, 0.3) is 0 Å². The Morgan fingerprint density at radius 3 is 2.31 bits per heavy atom. The second-order valence-electron chi connectivity index (χ2n) is 4.66. The molecule has 16 heavy (non-hydrogen) atoms. The summed E-state index contributed by atoms with van der Waals surface area (Å²) >= 11 is 1.43. The number of rotatable bonds is 4. The maximum Gasteiger partial charge on any atom is 0.309 e. The highest BCUT2D eigenvalue weighted by Crippen LogP contribution is 2.28. The van der Waals surface area contributed by atoms with Crippen molar-refractivity contribution in [1.29, 1.82) is 0 Å². The number of carboxylic acids is 1. The van der Waals surface area contributed by atoms with Crippen molar-refractivity contribution in [2.75, 3.05) is 0 Å². The van der Waals surface area contributed by atoms with Crippen molar-refractivity contribution < 1.29 is 14.7 Å². The van der Waals surface area contributed by atoms with Crippen molar-refractivity contribution in [3.63, 3.8) is 0 Å². The van der Waals surface area contributed by atoms with Gasteiger partial charge in [-0.1, -0.05) is 0 Å². The van der Waals surface area contributed by atoms with E-state index in [4.69, 9.17) is 5.11 Å². The molecule has 88 valence electrons. The van der Waals surface area contributed by atoms with Crippen molar-refractivity contribution in [3.05, 3.63) is 21.4 Å². The Bertz CT molecular complexity index is 429. The molecule has 0 aliphatic rings. The van der Waals surface area contributed by atoms with Crippen LogP contribution in [0.4, 0.5) is 0 Å². The highest BCUT2D eigenvalue weighted by atomic mass is 32.1. The highest BCUT2D eigenvalue weighted by Gasteiger charge is 2.31. The maximum atomic E-state index is 11.9. The number of hydrogen-bond acceptors (Lipinski definition) is 3. The Balaban J connectivity index is 2.89. The van der Waals surface area contributed by atoms with E-state index in [1.807, 2.05) is 19.9 Å². The van der Waals surface area contributed by atoms with Crippen molar-refractivity contribution in [2.24, 2.45) is 5.41 Å². The van der Waals surface area contributed by atoms with Gasteiger partial charge < -0.3 is 5.11 Å². The van der Waals surface area contributed by atoms with Crippen molar-refractivity contribution >= 4 is 23.1 Å². The van der Waals surface area contributed by atoms with Crippen LogP contribution in [0.2, 0.25) is 0 Å². The number of carboxylic acid groups (broad SMARTS) is 1. The van der Waals surface area contributed by atoms with E-state index >= 15 is 0 Å². The summed E-state index contributed by atoms with van der Waals surface area (Å²) in [6, 6.07) is 1.95. The largest absolute Gasteiger partial charge is 0.481 e. The van der Waals surface area contributed by atoms with Gasteiger partial charge in [0.1, 0.15) is 0 Å². The normalized spacial score (nSPS) is 11.5. The van der Waals surface area contributed by atoms with Crippen LogP contribution >= 0.6 is 11.3 Å². The van der Waals surface area contributed by atoms with E-state index < -0.39 is 11.4 Å². The Kier molecular flexibility index (Phi) is 3.53. The first-order valence-corrected chi connectivity index (χ1v) is 5.89. The molecule has 0 saturated heterocycles. The molecule has 0 aromatic carbocycles. The summed E-state index contributed by atoms with van der Waals surface area (Å²) < 4.78 is 0. The summed E-state index contributed by atoms with van der Waals surface area (Å²) in [6.07, 6.45) is 0.0448. The van der Waals surface area contributed by atoms with Gasteiger partial charge in [0.05, 0.1) is 10.3 Å². The van der Waals surface area contributed by atoms with Crippen LogP contribution in [-0.4, -0.2) is 16.9 Å². The molecule has 0 saturated carbocycles. The Morgan fingerprint density at radius 2 is 1.94 bits per heavy atom. The topological polar surface area (TPSA) is 54.4 Å². The summed E-state index contributed by atoms with van der Waals surface area (Å²) in [4.78, 5) is 24.6. The molecule has 1 heterocycles. The lowest BCUT2D eigenvalue weighted by Crippen LogP contribution is -2.26. The molecule has 0 bridgehead atoms. The van der Waals surface area contributed by atoms with E-state index in [0.29, 0.717) is 4.88 Å². The zero-order valence-corrected chi connectivity index (χ0v) is 10.8. The Morgan fingerprint density at radius 1 is 1.38 bits per heavy atom. The van der Waals surface area contributed by atoms with E-state index in [9.17, 15) is 9.59 Å². The van der Waals surface area contributed by atoms with Gasteiger partial charge in [-0.15, -0.1) is 11.3 Å². The zero-order valence-electron chi connectivity index (χ0n) is 9.96. The molecule has 1 rings (SSSR count).